The van der Waals surface area contributed by atoms with E-state index in [1.54, 1.807) is 4.90 Å². The Kier molecular flexibility index (Phi) is 3.34. The summed E-state index contributed by atoms with van der Waals surface area (Å²) in [7, 11) is 0. The number of rotatable bonds is 3. The number of carboxylic acids is 1. The van der Waals surface area contributed by atoms with Gasteiger partial charge in [0.25, 0.3) is 0 Å². The molecule has 1 aliphatic carbocycles. The molecule has 3 rings (SSSR count). The first kappa shape index (κ1) is 13.0. The highest BCUT2D eigenvalue weighted by Gasteiger charge is 2.57. The van der Waals surface area contributed by atoms with Crippen LogP contribution in [0.1, 0.15) is 12.0 Å². The Morgan fingerprint density at radius 2 is 2.00 bits per heavy atom. The van der Waals surface area contributed by atoms with E-state index in [1.165, 1.54) is 0 Å². The Hall–Kier alpha value is -2.04. The summed E-state index contributed by atoms with van der Waals surface area (Å²) in [6.45, 7) is 1.36. The first-order valence-electron chi connectivity index (χ1n) is 6.85. The van der Waals surface area contributed by atoms with Crippen LogP contribution in [0.25, 0.3) is 0 Å². The summed E-state index contributed by atoms with van der Waals surface area (Å²) in [4.78, 5) is 24.6. The lowest BCUT2D eigenvalue weighted by Gasteiger charge is -2.25. The van der Waals surface area contributed by atoms with Crippen molar-refractivity contribution in [2.45, 2.75) is 13.0 Å². The normalized spacial score (nSPS) is 27.6. The van der Waals surface area contributed by atoms with Gasteiger partial charge in [0.1, 0.15) is 6.61 Å². The molecule has 1 saturated carbocycles. The van der Waals surface area contributed by atoms with Gasteiger partial charge in [0.15, 0.2) is 0 Å². The molecule has 1 aliphatic heterocycles. The van der Waals surface area contributed by atoms with Gasteiger partial charge in [-0.2, -0.15) is 0 Å². The van der Waals surface area contributed by atoms with Gasteiger partial charge in [-0.15, -0.1) is 0 Å². The van der Waals surface area contributed by atoms with Crippen LogP contribution in [0, 0.1) is 17.8 Å². The topological polar surface area (TPSA) is 66.8 Å². The number of hydrogen-bond donors (Lipinski definition) is 1. The first-order chi connectivity index (χ1) is 9.66. The van der Waals surface area contributed by atoms with Gasteiger partial charge in [-0.1, -0.05) is 30.3 Å². The maximum absolute atomic E-state index is 12.0. The monoisotopic (exact) mass is 275 g/mol. The highest BCUT2D eigenvalue weighted by molar-refractivity contribution is 5.75. The van der Waals surface area contributed by atoms with Crippen LogP contribution in [0.5, 0.6) is 0 Å². The van der Waals surface area contributed by atoms with Crippen LogP contribution in [0.4, 0.5) is 4.79 Å². The Labute approximate surface area is 117 Å². The van der Waals surface area contributed by atoms with Crippen LogP contribution in [0.2, 0.25) is 0 Å². The van der Waals surface area contributed by atoms with Crippen molar-refractivity contribution in [1.29, 1.82) is 0 Å². The molecule has 0 bridgehead atoms. The lowest BCUT2D eigenvalue weighted by molar-refractivity contribution is -0.139. The first-order valence-corrected chi connectivity index (χ1v) is 6.85. The lowest BCUT2D eigenvalue weighted by Crippen LogP contribution is -2.37. The summed E-state index contributed by atoms with van der Waals surface area (Å²) in [5.41, 5.74) is 0.950. The summed E-state index contributed by atoms with van der Waals surface area (Å²) in [6, 6.07) is 9.52. The zero-order valence-corrected chi connectivity index (χ0v) is 11.1. The number of nitrogens with zero attached hydrogens (tertiary/aromatic N) is 1. The van der Waals surface area contributed by atoms with E-state index in [0.29, 0.717) is 13.1 Å². The minimum absolute atomic E-state index is 0.116. The van der Waals surface area contributed by atoms with Crippen molar-refractivity contribution in [2.24, 2.45) is 17.8 Å². The number of likely N-dealkylation sites (tertiary alicyclic amines) is 1. The Morgan fingerprint density at radius 1 is 1.25 bits per heavy atom. The Bertz CT molecular complexity index is 516. The van der Waals surface area contributed by atoms with Crippen LogP contribution in [-0.4, -0.2) is 35.2 Å². The molecule has 3 atom stereocenters. The number of carboxylic acid groups (broad SMARTS) is 1. The van der Waals surface area contributed by atoms with E-state index in [0.717, 1.165) is 12.0 Å². The zero-order chi connectivity index (χ0) is 14.1. The number of benzene rings is 1. The highest BCUT2D eigenvalue weighted by atomic mass is 16.6. The SMILES string of the molecule is O=C(O)[C@@H]1[C@@H]2CCN(C(=O)OCc3ccccc3)C[C@@H]21. The Morgan fingerprint density at radius 3 is 2.70 bits per heavy atom. The van der Waals surface area contributed by atoms with Crippen molar-refractivity contribution in [1.82, 2.24) is 4.90 Å². The van der Waals surface area contributed by atoms with Gasteiger partial charge in [-0.25, -0.2) is 4.79 Å². The predicted molar refractivity (Wildman–Crippen MR) is 70.9 cm³/mol. The predicted octanol–water partition coefficient (Wildman–Crippen LogP) is 1.98. The van der Waals surface area contributed by atoms with E-state index in [2.05, 4.69) is 0 Å². The van der Waals surface area contributed by atoms with Crippen LogP contribution in [0.3, 0.4) is 0 Å². The molecule has 0 aromatic heterocycles. The number of fused-ring (bicyclic) bond motifs is 1. The number of aliphatic carboxylic acids is 1. The van der Waals surface area contributed by atoms with Crippen molar-refractivity contribution < 1.29 is 19.4 Å². The third-order valence-electron chi connectivity index (χ3n) is 4.24. The van der Waals surface area contributed by atoms with Gasteiger partial charge in [-0.05, 0) is 23.8 Å². The van der Waals surface area contributed by atoms with Crippen molar-refractivity contribution >= 4 is 12.1 Å². The fraction of sp³-hybridized carbons (Fsp3) is 0.467. The summed E-state index contributed by atoms with van der Waals surface area (Å²) in [6.07, 6.45) is 0.422. The molecule has 1 aromatic rings. The maximum Gasteiger partial charge on any atom is 0.410 e. The average molecular weight is 275 g/mol. The Balaban J connectivity index is 1.50. The average Bonchev–Trinajstić information content (AvgIpc) is 3.19. The van der Waals surface area contributed by atoms with E-state index in [1.807, 2.05) is 30.3 Å². The molecule has 1 saturated heterocycles. The van der Waals surface area contributed by atoms with Gasteiger partial charge in [0, 0.05) is 13.1 Å². The number of ether oxygens (including phenoxy) is 1. The van der Waals surface area contributed by atoms with Crippen molar-refractivity contribution in [3.8, 4) is 0 Å². The molecule has 1 heterocycles. The molecule has 1 amide bonds. The number of hydrogen-bond acceptors (Lipinski definition) is 3. The summed E-state index contributed by atoms with van der Waals surface area (Å²) < 4.78 is 5.27. The summed E-state index contributed by atoms with van der Waals surface area (Å²) in [5, 5.41) is 9.03. The van der Waals surface area contributed by atoms with Crippen LogP contribution in [0.15, 0.2) is 30.3 Å². The second-order valence-electron chi connectivity index (χ2n) is 5.47. The summed E-state index contributed by atoms with van der Waals surface area (Å²) in [5.74, 6) is -0.627. The number of piperidine rings is 1. The molecule has 0 unspecified atom stereocenters. The quantitative estimate of drug-likeness (QED) is 0.916. The molecule has 5 nitrogen and oxygen atoms in total. The molecular weight excluding hydrogens is 258 g/mol. The number of carbonyl (C=O) groups is 2. The maximum atomic E-state index is 12.0. The van der Waals surface area contributed by atoms with Gasteiger partial charge in [-0.3, -0.25) is 4.79 Å². The minimum atomic E-state index is -0.737. The van der Waals surface area contributed by atoms with Crippen molar-refractivity contribution in [3.63, 3.8) is 0 Å². The molecule has 1 aromatic carbocycles. The second kappa shape index (κ2) is 5.15. The van der Waals surface area contributed by atoms with E-state index in [9.17, 15) is 9.59 Å². The van der Waals surface area contributed by atoms with Gasteiger partial charge >= 0.3 is 12.1 Å². The highest BCUT2D eigenvalue weighted by Crippen LogP contribution is 2.51. The largest absolute Gasteiger partial charge is 0.481 e. The van der Waals surface area contributed by atoms with Crippen molar-refractivity contribution in [2.75, 3.05) is 13.1 Å². The third-order valence-corrected chi connectivity index (χ3v) is 4.24. The minimum Gasteiger partial charge on any atom is -0.481 e. The second-order valence-corrected chi connectivity index (χ2v) is 5.47. The number of carbonyl (C=O) groups excluding carboxylic acids is 1. The molecule has 2 fully saturated rings. The molecular formula is C15H17NO4. The van der Waals surface area contributed by atoms with Crippen LogP contribution in [-0.2, 0) is 16.1 Å². The summed E-state index contributed by atoms with van der Waals surface area (Å²) >= 11 is 0. The molecule has 106 valence electrons. The fourth-order valence-corrected chi connectivity index (χ4v) is 3.08. The molecule has 20 heavy (non-hydrogen) atoms. The molecule has 0 radical (unpaired) electrons. The lowest BCUT2D eigenvalue weighted by atomic mass is 10.1. The third kappa shape index (κ3) is 2.48. The van der Waals surface area contributed by atoms with Gasteiger partial charge in [0.05, 0.1) is 5.92 Å². The molecule has 1 N–H and O–H groups in total. The van der Waals surface area contributed by atoms with Crippen LogP contribution < -0.4 is 0 Å². The molecule has 2 aliphatic rings. The van der Waals surface area contributed by atoms with Gasteiger partial charge in [0.2, 0.25) is 0 Å². The molecule has 5 heteroatoms. The smallest absolute Gasteiger partial charge is 0.410 e. The van der Waals surface area contributed by atoms with Crippen molar-refractivity contribution in [3.05, 3.63) is 35.9 Å². The standard InChI is InChI=1S/C15H17NO4/c17-14(18)13-11-6-7-16(8-12(11)13)15(19)20-9-10-4-2-1-3-5-10/h1-5,11-13H,6-9H2,(H,17,18)/t11-,12+,13-/m1/s1. The number of amides is 1. The van der Waals surface area contributed by atoms with E-state index in [4.69, 9.17) is 9.84 Å². The molecule has 0 spiro atoms. The van der Waals surface area contributed by atoms with E-state index in [-0.39, 0.29) is 30.5 Å². The van der Waals surface area contributed by atoms with E-state index < -0.39 is 5.97 Å². The van der Waals surface area contributed by atoms with Gasteiger partial charge < -0.3 is 14.7 Å². The zero-order valence-electron chi connectivity index (χ0n) is 11.1. The van der Waals surface area contributed by atoms with Crippen LogP contribution >= 0.6 is 0 Å². The fourth-order valence-electron chi connectivity index (χ4n) is 3.08. The van der Waals surface area contributed by atoms with E-state index >= 15 is 0 Å².